The molecule has 2 heterocycles. The molecule has 2 aromatic heterocycles. The van der Waals surface area contributed by atoms with E-state index in [0.29, 0.717) is 27.8 Å². The van der Waals surface area contributed by atoms with Gasteiger partial charge < -0.3 is 9.30 Å². The molecular formula is C20H16ClN3O3S. The van der Waals surface area contributed by atoms with E-state index in [1.165, 1.54) is 18.4 Å². The molecule has 0 radical (unpaired) electrons. The van der Waals surface area contributed by atoms with E-state index in [1.807, 2.05) is 17.6 Å². The molecule has 4 rings (SSSR count). The molecule has 1 N–H and O–H groups in total. The molecule has 0 aliphatic heterocycles. The third kappa shape index (κ3) is 3.23. The number of pyridine rings is 1. The number of methoxy groups -OCH3 is 1. The van der Waals surface area contributed by atoms with Crippen molar-refractivity contribution < 1.29 is 9.53 Å². The number of anilines is 1. The molecular weight excluding hydrogens is 398 g/mol. The Hall–Kier alpha value is -2.90. The lowest BCUT2D eigenvalue weighted by atomic mass is 10.1. The van der Waals surface area contributed by atoms with Crippen molar-refractivity contribution in [2.24, 2.45) is 0 Å². The number of ether oxygens (including phenoxy) is 1. The van der Waals surface area contributed by atoms with Crippen LogP contribution in [0.2, 0.25) is 5.02 Å². The summed E-state index contributed by atoms with van der Waals surface area (Å²) in [5.41, 5.74) is 1.19. The molecule has 0 atom stereocenters. The van der Waals surface area contributed by atoms with E-state index in [1.54, 1.807) is 36.5 Å². The number of thiazole rings is 1. The number of nitrogens with zero attached hydrogens (tertiary/aromatic N) is 2. The number of benzene rings is 2. The van der Waals surface area contributed by atoms with E-state index in [-0.39, 0.29) is 11.0 Å². The van der Waals surface area contributed by atoms with Gasteiger partial charge in [0.05, 0.1) is 28.2 Å². The van der Waals surface area contributed by atoms with Crippen LogP contribution in [0.25, 0.3) is 21.1 Å². The van der Waals surface area contributed by atoms with Crippen LogP contribution in [-0.4, -0.2) is 22.6 Å². The van der Waals surface area contributed by atoms with E-state index in [0.717, 1.165) is 15.7 Å². The van der Waals surface area contributed by atoms with Crippen molar-refractivity contribution in [2.45, 2.75) is 13.5 Å². The lowest BCUT2D eigenvalue weighted by Crippen LogP contribution is -2.23. The number of hydrogen-bond acceptors (Lipinski definition) is 5. The average Bonchev–Trinajstić information content (AvgIpc) is 3.09. The number of hydrogen-bond donors (Lipinski definition) is 1. The summed E-state index contributed by atoms with van der Waals surface area (Å²) < 4.78 is 7.94. The number of carbonyl (C=O) groups excluding carboxylic acids is 1. The molecule has 8 heteroatoms. The molecule has 0 unspecified atom stereocenters. The molecule has 0 fully saturated rings. The predicted octanol–water partition coefficient (Wildman–Crippen LogP) is 4.55. The van der Waals surface area contributed by atoms with Crippen molar-refractivity contribution in [3.63, 3.8) is 0 Å². The van der Waals surface area contributed by atoms with E-state index in [9.17, 15) is 9.59 Å². The van der Waals surface area contributed by atoms with Gasteiger partial charge in [-0.25, -0.2) is 4.98 Å². The Morgan fingerprint density at radius 2 is 2.11 bits per heavy atom. The zero-order valence-corrected chi connectivity index (χ0v) is 16.7. The number of aryl methyl sites for hydroxylation is 1. The molecule has 0 saturated heterocycles. The van der Waals surface area contributed by atoms with Crippen LogP contribution in [0.1, 0.15) is 17.3 Å². The summed E-state index contributed by atoms with van der Waals surface area (Å²) in [6, 6.07) is 10.6. The first-order valence-electron chi connectivity index (χ1n) is 8.58. The molecule has 0 aliphatic rings. The first kappa shape index (κ1) is 18.5. The predicted molar refractivity (Wildman–Crippen MR) is 113 cm³/mol. The lowest BCUT2D eigenvalue weighted by Gasteiger charge is -2.12. The monoisotopic (exact) mass is 413 g/mol. The largest absolute Gasteiger partial charge is 0.497 e. The third-order valence-electron chi connectivity index (χ3n) is 4.44. The number of rotatable bonds is 4. The van der Waals surface area contributed by atoms with Gasteiger partial charge in [0.25, 0.3) is 5.91 Å². The van der Waals surface area contributed by atoms with Gasteiger partial charge in [-0.15, -0.1) is 0 Å². The maximum Gasteiger partial charge on any atom is 0.262 e. The van der Waals surface area contributed by atoms with Gasteiger partial charge in [0.2, 0.25) is 5.43 Å². The minimum absolute atomic E-state index is 0.0555. The summed E-state index contributed by atoms with van der Waals surface area (Å²) >= 11 is 7.30. The maximum absolute atomic E-state index is 12.9. The van der Waals surface area contributed by atoms with Crippen molar-refractivity contribution in [3.05, 3.63) is 63.4 Å². The number of aromatic nitrogens is 2. The summed E-state index contributed by atoms with van der Waals surface area (Å²) in [7, 11) is 1.54. The molecule has 142 valence electrons. The maximum atomic E-state index is 12.9. The smallest absolute Gasteiger partial charge is 0.262 e. The molecule has 4 aromatic rings. The fraction of sp³-hybridized carbons (Fsp3) is 0.150. The first-order valence-corrected chi connectivity index (χ1v) is 9.78. The van der Waals surface area contributed by atoms with Crippen LogP contribution in [0.15, 0.2) is 47.4 Å². The normalized spacial score (nSPS) is 11.1. The molecule has 2 aromatic carbocycles. The first-order chi connectivity index (χ1) is 13.5. The zero-order valence-electron chi connectivity index (χ0n) is 15.2. The number of amides is 1. The van der Waals surface area contributed by atoms with Gasteiger partial charge in [0.1, 0.15) is 11.3 Å². The van der Waals surface area contributed by atoms with Crippen molar-refractivity contribution >= 4 is 55.1 Å². The Morgan fingerprint density at radius 1 is 1.29 bits per heavy atom. The standard InChI is InChI=1S/C20H16ClN3O3S/c1-3-24-10-14(18(25)13-9-12(27-2)5-7-16(13)24)19(26)23-20-22-15-6-4-11(21)8-17(15)28-20/h4-10H,3H2,1-2H3,(H,22,23,26). The Balaban J connectivity index is 1.77. The molecule has 0 bridgehead atoms. The van der Waals surface area contributed by atoms with Crippen LogP contribution in [0.3, 0.4) is 0 Å². The van der Waals surface area contributed by atoms with Crippen LogP contribution in [0.5, 0.6) is 5.75 Å². The summed E-state index contributed by atoms with van der Waals surface area (Å²) in [6.45, 7) is 2.57. The molecule has 28 heavy (non-hydrogen) atoms. The second kappa shape index (κ2) is 7.26. The molecule has 0 saturated carbocycles. The van der Waals surface area contributed by atoms with Gasteiger partial charge in [-0.3, -0.25) is 14.9 Å². The highest BCUT2D eigenvalue weighted by Crippen LogP contribution is 2.28. The fourth-order valence-electron chi connectivity index (χ4n) is 3.04. The topological polar surface area (TPSA) is 73.2 Å². The number of halogens is 1. The Labute approximate surface area is 169 Å². The van der Waals surface area contributed by atoms with E-state index < -0.39 is 5.91 Å². The Bertz CT molecular complexity index is 1280. The summed E-state index contributed by atoms with van der Waals surface area (Å²) in [5, 5.41) is 4.18. The summed E-state index contributed by atoms with van der Waals surface area (Å²) in [6.07, 6.45) is 1.58. The highest BCUT2D eigenvalue weighted by Gasteiger charge is 2.17. The van der Waals surface area contributed by atoms with Crippen LogP contribution < -0.4 is 15.5 Å². The highest BCUT2D eigenvalue weighted by atomic mass is 35.5. The SMILES string of the molecule is CCn1cc(C(=O)Nc2nc3ccc(Cl)cc3s2)c(=O)c2cc(OC)ccc21. The fourth-order valence-corrected chi connectivity index (χ4v) is 4.18. The number of carbonyl (C=O) groups is 1. The summed E-state index contributed by atoms with van der Waals surface area (Å²) in [5.74, 6) is 0.0648. The summed E-state index contributed by atoms with van der Waals surface area (Å²) in [4.78, 5) is 30.2. The van der Waals surface area contributed by atoms with Crippen molar-refractivity contribution in [1.82, 2.24) is 9.55 Å². The number of fused-ring (bicyclic) bond motifs is 2. The molecule has 1 amide bonds. The molecule has 0 spiro atoms. The van der Waals surface area contributed by atoms with E-state index in [2.05, 4.69) is 10.3 Å². The third-order valence-corrected chi connectivity index (χ3v) is 5.61. The van der Waals surface area contributed by atoms with Gasteiger partial charge in [0.15, 0.2) is 5.13 Å². The van der Waals surface area contributed by atoms with Crippen LogP contribution in [0.4, 0.5) is 5.13 Å². The minimum Gasteiger partial charge on any atom is -0.497 e. The van der Waals surface area contributed by atoms with Gasteiger partial charge in [0, 0.05) is 17.8 Å². The second-order valence-corrected chi connectivity index (χ2v) is 7.59. The van der Waals surface area contributed by atoms with Crippen LogP contribution in [0, 0.1) is 0 Å². The molecule has 6 nitrogen and oxygen atoms in total. The highest BCUT2D eigenvalue weighted by molar-refractivity contribution is 7.22. The van der Waals surface area contributed by atoms with Gasteiger partial charge in [-0.2, -0.15) is 0 Å². The average molecular weight is 414 g/mol. The quantitative estimate of drug-likeness (QED) is 0.532. The van der Waals surface area contributed by atoms with Crippen molar-refractivity contribution in [3.8, 4) is 5.75 Å². The minimum atomic E-state index is -0.498. The lowest BCUT2D eigenvalue weighted by molar-refractivity contribution is 0.102. The Morgan fingerprint density at radius 3 is 2.86 bits per heavy atom. The zero-order chi connectivity index (χ0) is 19.8. The van der Waals surface area contributed by atoms with Crippen molar-refractivity contribution in [2.75, 3.05) is 12.4 Å². The second-order valence-electron chi connectivity index (χ2n) is 6.13. The Kier molecular flexibility index (Phi) is 4.78. The van der Waals surface area contributed by atoms with Crippen molar-refractivity contribution in [1.29, 1.82) is 0 Å². The van der Waals surface area contributed by atoms with Crippen LogP contribution in [-0.2, 0) is 6.54 Å². The molecule has 0 aliphatic carbocycles. The number of nitrogens with one attached hydrogen (secondary N) is 1. The van der Waals surface area contributed by atoms with Gasteiger partial charge in [-0.05, 0) is 43.3 Å². The van der Waals surface area contributed by atoms with Gasteiger partial charge >= 0.3 is 0 Å². The van der Waals surface area contributed by atoms with E-state index >= 15 is 0 Å². The van der Waals surface area contributed by atoms with Gasteiger partial charge in [-0.1, -0.05) is 22.9 Å². The van der Waals surface area contributed by atoms with E-state index in [4.69, 9.17) is 16.3 Å². The van der Waals surface area contributed by atoms with Crippen LogP contribution >= 0.6 is 22.9 Å².